The number of amides is 1. The molecule has 0 saturated carbocycles. The minimum Gasteiger partial charge on any atom is -0.403 e. The Morgan fingerprint density at radius 3 is 2.53 bits per heavy atom. The van der Waals surface area contributed by atoms with E-state index in [2.05, 4.69) is 33.9 Å². The summed E-state index contributed by atoms with van der Waals surface area (Å²) in [6.45, 7) is 11.3. The molecule has 0 aromatic heterocycles. The Labute approximate surface area is 94.5 Å². The third-order valence-electron chi connectivity index (χ3n) is 2.87. The molecule has 3 nitrogen and oxygen atoms in total. The lowest BCUT2D eigenvalue weighted by molar-refractivity contribution is -0.133. The maximum atomic E-state index is 11.7. The average molecular weight is 229 g/mol. The summed E-state index contributed by atoms with van der Waals surface area (Å²) in [6, 6.07) is 0.345. The molecule has 1 fully saturated rings. The average Bonchev–Trinajstić information content (AvgIpc) is 2.42. The van der Waals surface area contributed by atoms with Gasteiger partial charge in [0.1, 0.15) is 6.73 Å². The summed E-state index contributed by atoms with van der Waals surface area (Å²) in [6.07, 6.45) is 1.66. The van der Waals surface area contributed by atoms with Crippen LogP contribution in [-0.4, -0.2) is 32.6 Å². The van der Waals surface area contributed by atoms with E-state index in [0.717, 1.165) is 6.42 Å². The quantitative estimate of drug-likeness (QED) is 0.693. The van der Waals surface area contributed by atoms with Gasteiger partial charge in [0.15, 0.2) is 9.04 Å². The molecule has 1 aliphatic heterocycles. The molecule has 1 heterocycles. The van der Waals surface area contributed by atoms with Crippen molar-refractivity contribution in [2.75, 3.05) is 6.73 Å². The first kappa shape index (κ1) is 12.7. The maximum Gasteiger partial charge on any atom is 0.224 e. The van der Waals surface area contributed by atoms with E-state index in [1.165, 1.54) is 0 Å². The number of rotatable bonds is 3. The van der Waals surface area contributed by atoms with Crippen molar-refractivity contribution in [2.45, 2.75) is 52.7 Å². The lowest BCUT2D eigenvalue weighted by Crippen LogP contribution is -2.43. The zero-order chi connectivity index (χ0) is 11.6. The van der Waals surface area contributed by atoms with Crippen molar-refractivity contribution in [3.05, 3.63) is 0 Å². The van der Waals surface area contributed by atoms with Crippen molar-refractivity contribution < 1.29 is 9.22 Å². The third-order valence-corrected chi connectivity index (χ3v) is 3.69. The topological polar surface area (TPSA) is 29.5 Å². The van der Waals surface area contributed by atoms with E-state index in [4.69, 9.17) is 4.43 Å². The van der Waals surface area contributed by atoms with Crippen LogP contribution in [0.25, 0.3) is 0 Å². The van der Waals surface area contributed by atoms with Gasteiger partial charge in [0, 0.05) is 12.5 Å². The van der Waals surface area contributed by atoms with Crippen LogP contribution in [0, 0.1) is 5.41 Å². The van der Waals surface area contributed by atoms with E-state index >= 15 is 0 Å². The molecule has 1 atom stereocenters. The Bertz CT molecular complexity index is 235. The molecular weight excluding hydrogens is 206 g/mol. The second-order valence-electron chi connectivity index (χ2n) is 5.63. The summed E-state index contributed by atoms with van der Waals surface area (Å²) >= 11 is 0. The second kappa shape index (κ2) is 4.66. The molecule has 0 aromatic carbocycles. The van der Waals surface area contributed by atoms with Gasteiger partial charge in [-0.2, -0.15) is 0 Å². The molecule has 1 saturated heterocycles. The van der Waals surface area contributed by atoms with Gasteiger partial charge >= 0.3 is 0 Å². The lowest BCUT2D eigenvalue weighted by atomic mass is 9.85. The van der Waals surface area contributed by atoms with Crippen LogP contribution >= 0.6 is 0 Å². The van der Waals surface area contributed by atoms with Crippen molar-refractivity contribution >= 4 is 14.9 Å². The minimum atomic E-state index is -1.03. The largest absolute Gasteiger partial charge is 0.403 e. The van der Waals surface area contributed by atoms with Gasteiger partial charge in [-0.05, 0) is 24.9 Å². The summed E-state index contributed by atoms with van der Waals surface area (Å²) < 4.78 is 5.67. The Morgan fingerprint density at radius 1 is 1.47 bits per heavy atom. The summed E-state index contributed by atoms with van der Waals surface area (Å²) in [7, 11) is -1.03. The van der Waals surface area contributed by atoms with E-state index in [9.17, 15) is 4.79 Å². The molecule has 1 aliphatic rings. The molecule has 0 aromatic rings. The Kier molecular flexibility index (Phi) is 3.95. The number of nitrogens with zero attached hydrogens (tertiary/aromatic N) is 1. The molecule has 0 N–H and O–H groups in total. The van der Waals surface area contributed by atoms with Crippen LogP contribution in [0.15, 0.2) is 0 Å². The molecule has 0 radical (unpaired) electrons. The van der Waals surface area contributed by atoms with Crippen LogP contribution in [-0.2, 0) is 9.22 Å². The van der Waals surface area contributed by atoms with Crippen LogP contribution in [0.1, 0.15) is 33.6 Å². The summed E-state index contributed by atoms with van der Waals surface area (Å²) in [4.78, 5) is 13.6. The molecule has 1 unspecified atom stereocenters. The zero-order valence-electron chi connectivity index (χ0n) is 10.5. The normalized spacial score (nSPS) is 22.9. The van der Waals surface area contributed by atoms with Crippen molar-refractivity contribution in [3.8, 4) is 0 Å². The van der Waals surface area contributed by atoms with Gasteiger partial charge in [-0.25, -0.2) is 0 Å². The maximum absolute atomic E-state index is 11.7. The van der Waals surface area contributed by atoms with E-state index in [-0.39, 0.29) is 11.3 Å². The summed E-state index contributed by atoms with van der Waals surface area (Å²) in [5.41, 5.74) is 0.161. The molecule has 1 rings (SSSR count). The molecule has 0 spiro atoms. The first-order valence-electron chi connectivity index (χ1n) is 5.73. The molecule has 0 bridgehead atoms. The molecular formula is C11H23NO2Si. The minimum absolute atomic E-state index is 0.161. The van der Waals surface area contributed by atoms with Crippen LogP contribution in [0.3, 0.4) is 0 Å². The van der Waals surface area contributed by atoms with Gasteiger partial charge in [0.25, 0.3) is 0 Å². The van der Waals surface area contributed by atoms with E-state index in [1.807, 2.05) is 4.90 Å². The zero-order valence-corrected chi connectivity index (χ0v) is 11.7. The van der Waals surface area contributed by atoms with Crippen LogP contribution in [0.5, 0.6) is 0 Å². The van der Waals surface area contributed by atoms with E-state index in [0.29, 0.717) is 19.2 Å². The van der Waals surface area contributed by atoms with Crippen molar-refractivity contribution in [2.24, 2.45) is 5.41 Å². The van der Waals surface area contributed by atoms with Crippen LogP contribution < -0.4 is 0 Å². The fourth-order valence-electron chi connectivity index (χ4n) is 2.03. The van der Waals surface area contributed by atoms with Crippen LogP contribution in [0.4, 0.5) is 0 Å². The van der Waals surface area contributed by atoms with Gasteiger partial charge < -0.3 is 9.33 Å². The number of carbonyl (C=O) groups is 1. The summed E-state index contributed by atoms with van der Waals surface area (Å²) in [5, 5.41) is 0. The highest BCUT2D eigenvalue weighted by molar-refractivity contribution is 6.48. The van der Waals surface area contributed by atoms with E-state index < -0.39 is 9.04 Å². The first-order chi connectivity index (χ1) is 6.82. The van der Waals surface area contributed by atoms with Gasteiger partial charge in [-0.15, -0.1) is 0 Å². The van der Waals surface area contributed by atoms with Gasteiger partial charge in [0.2, 0.25) is 5.91 Å². The monoisotopic (exact) mass is 229 g/mol. The van der Waals surface area contributed by atoms with Gasteiger partial charge in [-0.1, -0.05) is 20.8 Å². The number of hydrogen-bond acceptors (Lipinski definition) is 2. The molecule has 88 valence electrons. The SMILES string of the molecule is C[SiH](C)OCN1C(=O)CCC1C(C)(C)C. The van der Waals surface area contributed by atoms with Gasteiger partial charge in [-0.3, -0.25) is 4.79 Å². The van der Waals surface area contributed by atoms with Crippen LogP contribution in [0.2, 0.25) is 13.1 Å². The highest BCUT2D eigenvalue weighted by Gasteiger charge is 2.38. The standard InChI is InChI=1S/C11H23NO2Si/c1-11(2,3)9-6-7-10(13)12(9)8-14-15(4)5/h9,15H,6-8H2,1-5H3. The van der Waals surface area contributed by atoms with E-state index in [1.54, 1.807) is 0 Å². The fourth-order valence-corrected chi connectivity index (χ4v) is 2.48. The predicted octanol–water partition coefficient (Wildman–Crippen LogP) is 1.98. The van der Waals surface area contributed by atoms with Crippen molar-refractivity contribution in [1.82, 2.24) is 4.90 Å². The molecule has 1 amide bonds. The highest BCUT2D eigenvalue weighted by atomic mass is 28.3. The lowest BCUT2D eigenvalue weighted by Gasteiger charge is -2.35. The third kappa shape index (κ3) is 3.31. The van der Waals surface area contributed by atoms with Crippen molar-refractivity contribution in [1.29, 1.82) is 0 Å². The number of hydrogen-bond donors (Lipinski definition) is 0. The second-order valence-corrected chi connectivity index (χ2v) is 8.06. The fraction of sp³-hybridized carbons (Fsp3) is 0.909. The smallest absolute Gasteiger partial charge is 0.224 e. The number of likely N-dealkylation sites (tertiary alicyclic amines) is 1. The Balaban J connectivity index is 2.61. The summed E-state index contributed by atoms with van der Waals surface area (Å²) in [5.74, 6) is 0.254. The molecule has 15 heavy (non-hydrogen) atoms. The Hall–Kier alpha value is -0.353. The first-order valence-corrected chi connectivity index (χ1v) is 8.51. The highest BCUT2D eigenvalue weighted by Crippen LogP contribution is 2.33. The molecule has 0 aliphatic carbocycles. The number of carbonyl (C=O) groups excluding carboxylic acids is 1. The van der Waals surface area contributed by atoms with Gasteiger partial charge in [0.05, 0.1) is 0 Å². The van der Waals surface area contributed by atoms with Crippen molar-refractivity contribution in [3.63, 3.8) is 0 Å². The predicted molar refractivity (Wildman–Crippen MR) is 64.2 cm³/mol. The Morgan fingerprint density at radius 2 is 2.07 bits per heavy atom. The molecule has 4 heteroatoms.